The summed E-state index contributed by atoms with van der Waals surface area (Å²) in [5.41, 5.74) is 9.60. The van der Waals surface area contributed by atoms with E-state index in [1.165, 1.54) is 27.5 Å². The van der Waals surface area contributed by atoms with E-state index < -0.39 is 0 Å². The van der Waals surface area contributed by atoms with Crippen molar-refractivity contribution in [2.45, 2.75) is 6.92 Å². The molecule has 0 unspecified atom stereocenters. The Morgan fingerprint density at radius 3 is 2.18 bits per heavy atom. The van der Waals surface area contributed by atoms with E-state index in [4.69, 9.17) is 8.83 Å². The maximum absolute atomic E-state index is 6.75. The summed E-state index contributed by atoms with van der Waals surface area (Å²) in [6.07, 6.45) is 0. The van der Waals surface area contributed by atoms with E-state index in [1.807, 2.05) is 12.1 Å². The minimum absolute atomic E-state index is 0.225. The molecule has 38 heavy (non-hydrogen) atoms. The van der Waals surface area contributed by atoms with E-state index in [1.54, 1.807) is 0 Å². The molecule has 0 spiro atoms. The van der Waals surface area contributed by atoms with Crippen LogP contribution in [0.3, 0.4) is 0 Å². The van der Waals surface area contributed by atoms with Gasteiger partial charge in [-0.1, -0.05) is 78.4 Å². The van der Waals surface area contributed by atoms with Crippen LogP contribution in [0.5, 0.6) is 0 Å². The molecule has 2 aliphatic rings. The highest BCUT2D eigenvalue weighted by Crippen LogP contribution is 2.56. The molecule has 0 saturated carbocycles. The minimum atomic E-state index is -0.225. The van der Waals surface area contributed by atoms with E-state index in [2.05, 4.69) is 114 Å². The van der Waals surface area contributed by atoms with Crippen LogP contribution < -0.4 is 15.3 Å². The number of hydrogen-bond acceptors (Lipinski definition) is 4. The number of nitrogens with zero attached hydrogens (tertiary/aromatic N) is 2. The summed E-state index contributed by atoms with van der Waals surface area (Å²) >= 11 is 0. The first-order chi connectivity index (χ1) is 18.8. The van der Waals surface area contributed by atoms with Crippen molar-refractivity contribution < 1.29 is 8.83 Å². The van der Waals surface area contributed by atoms with Crippen LogP contribution in [0.4, 0.5) is 22.9 Å². The van der Waals surface area contributed by atoms with Crippen molar-refractivity contribution in [3.8, 4) is 11.1 Å². The topological polar surface area (TPSA) is 32.8 Å². The second kappa shape index (κ2) is 7.11. The SMILES string of the molecule is Cc1ccc2c(c1)-c1c(oc3ccccc13)B1N2c2oc3ccccc3c2N1c1cccc2ccccc12. The van der Waals surface area contributed by atoms with Gasteiger partial charge in [0.2, 0.25) is 5.88 Å². The van der Waals surface area contributed by atoms with Crippen LogP contribution in [0.2, 0.25) is 0 Å². The van der Waals surface area contributed by atoms with Crippen molar-refractivity contribution in [1.29, 1.82) is 0 Å². The quantitative estimate of drug-likeness (QED) is 0.218. The maximum Gasteiger partial charge on any atom is 0.462 e. The molecule has 5 heteroatoms. The molecule has 9 rings (SSSR count). The Hall–Kier alpha value is -4.90. The third-order valence-corrected chi connectivity index (χ3v) is 8.06. The van der Waals surface area contributed by atoms with Gasteiger partial charge in [-0.15, -0.1) is 0 Å². The summed E-state index contributed by atoms with van der Waals surface area (Å²) in [4.78, 5) is 4.75. The fourth-order valence-electron chi connectivity index (χ4n) is 6.49. The Kier molecular flexibility index (Phi) is 3.78. The summed E-state index contributed by atoms with van der Waals surface area (Å²) in [7, 11) is 0. The lowest BCUT2D eigenvalue weighted by Gasteiger charge is -2.34. The lowest BCUT2D eigenvalue weighted by molar-refractivity contribution is 0.625. The summed E-state index contributed by atoms with van der Waals surface area (Å²) < 4.78 is 13.4. The van der Waals surface area contributed by atoms with E-state index >= 15 is 0 Å². The zero-order valence-electron chi connectivity index (χ0n) is 20.7. The zero-order chi connectivity index (χ0) is 25.0. The number of aryl methyl sites for hydroxylation is 1. The van der Waals surface area contributed by atoms with Gasteiger partial charge in [-0.05, 0) is 48.7 Å². The van der Waals surface area contributed by atoms with Gasteiger partial charge in [0.1, 0.15) is 22.5 Å². The first-order valence-corrected chi connectivity index (χ1v) is 13.0. The Balaban J connectivity index is 1.45. The predicted octanol–water partition coefficient (Wildman–Crippen LogP) is 8.31. The van der Waals surface area contributed by atoms with Crippen molar-refractivity contribution in [2.75, 3.05) is 9.62 Å². The van der Waals surface area contributed by atoms with E-state index in [0.29, 0.717) is 0 Å². The van der Waals surface area contributed by atoms with Crippen LogP contribution in [0, 0.1) is 6.92 Å². The molecule has 5 aromatic carbocycles. The molecule has 2 aromatic heterocycles. The van der Waals surface area contributed by atoms with Gasteiger partial charge in [-0.25, -0.2) is 0 Å². The lowest BCUT2D eigenvalue weighted by atomic mass is 9.63. The van der Waals surface area contributed by atoms with Crippen molar-refractivity contribution in [2.24, 2.45) is 0 Å². The number of fused-ring (bicyclic) bond motifs is 13. The molecule has 178 valence electrons. The van der Waals surface area contributed by atoms with Gasteiger partial charge in [0, 0.05) is 38.7 Å². The fourth-order valence-corrected chi connectivity index (χ4v) is 6.49. The van der Waals surface area contributed by atoms with Gasteiger partial charge in [0.15, 0.2) is 0 Å². The molecule has 0 atom stereocenters. The number of rotatable bonds is 1. The van der Waals surface area contributed by atoms with Crippen LogP contribution in [0.25, 0.3) is 43.8 Å². The number of furan rings is 2. The normalized spacial score (nSPS) is 13.8. The number of anilines is 4. The van der Waals surface area contributed by atoms with Crippen LogP contribution in [0.15, 0.2) is 118 Å². The third kappa shape index (κ3) is 2.46. The molecule has 2 aliphatic heterocycles. The predicted molar refractivity (Wildman–Crippen MR) is 156 cm³/mol. The molecule has 4 nitrogen and oxygen atoms in total. The molecular formula is C33H21BN2O2. The number of benzene rings is 5. The van der Waals surface area contributed by atoms with Crippen LogP contribution in [0.1, 0.15) is 5.56 Å². The van der Waals surface area contributed by atoms with Crippen molar-refractivity contribution in [3.05, 3.63) is 115 Å². The van der Waals surface area contributed by atoms with Crippen LogP contribution in [-0.2, 0) is 0 Å². The van der Waals surface area contributed by atoms with Crippen molar-refractivity contribution in [3.63, 3.8) is 0 Å². The van der Waals surface area contributed by atoms with Crippen LogP contribution in [-0.4, -0.2) is 6.98 Å². The molecule has 0 radical (unpaired) electrons. The van der Waals surface area contributed by atoms with Gasteiger partial charge >= 0.3 is 6.98 Å². The zero-order valence-corrected chi connectivity index (χ0v) is 20.7. The van der Waals surface area contributed by atoms with Gasteiger partial charge in [0.05, 0.1) is 0 Å². The molecule has 0 saturated heterocycles. The molecule has 0 amide bonds. The van der Waals surface area contributed by atoms with E-state index in [9.17, 15) is 0 Å². The van der Waals surface area contributed by atoms with Gasteiger partial charge in [-0.3, -0.25) is 0 Å². The Morgan fingerprint density at radius 1 is 0.605 bits per heavy atom. The maximum atomic E-state index is 6.75. The molecular weight excluding hydrogens is 467 g/mol. The van der Waals surface area contributed by atoms with Crippen molar-refractivity contribution >= 4 is 68.3 Å². The minimum Gasteiger partial charge on any atom is -0.465 e. The Bertz CT molecular complexity index is 2080. The molecule has 0 bridgehead atoms. The summed E-state index contributed by atoms with van der Waals surface area (Å²) in [5.74, 6) is 0.848. The Morgan fingerprint density at radius 2 is 1.32 bits per heavy atom. The molecule has 4 heterocycles. The first kappa shape index (κ1) is 20.2. The lowest BCUT2D eigenvalue weighted by Crippen LogP contribution is -2.55. The fraction of sp³-hybridized carbons (Fsp3) is 0.0303. The highest BCUT2D eigenvalue weighted by Gasteiger charge is 2.54. The summed E-state index contributed by atoms with van der Waals surface area (Å²) in [6, 6.07) is 38.5. The summed E-state index contributed by atoms with van der Waals surface area (Å²) in [5, 5.41) is 4.63. The number of para-hydroxylation sites is 2. The molecule has 0 N–H and O–H groups in total. The van der Waals surface area contributed by atoms with Crippen LogP contribution >= 0.6 is 0 Å². The highest BCUT2D eigenvalue weighted by atomic mass is 16.4. The average Bonchev–Trinajstić information content (AvgIpc) is 3.62. The Labute approximate surface area is 219 Å². The van der Waals surface area contributed by atoms with Gasteiger partial charge < -0.3 is 18.5 Å². The second-order valence-electron chi connectivity index (χ2n) is 10.2. The van der Waals surface area contributed by atoms with Gasteiger partial charge in [-0.2, -0.15) is 0 Å². The highest BCUT2D eigenvalue weighted by molar-refractivity contribution is 6.86. The third-order valence-electron chi connectivity index (χ3n) is 8.06. The van der Waals surface area contributed by atoms with Crippen molar-refractivity contribution in [1.82, 2.24) is 0 Å². The largest absolute Gasteiger partial charge is 0.465 e. The summed E-state index contributed by atoms with van der Waals surface area (Å²) in [6.45, 7) is 1.92. The first-order valence-electron chi connectivity index (χ1n) is 13.0. The average molecular weight is 488 g/mol. The van der Waals surface area contributed by atoms with Gasteiger partial charge in [0.25, 0.3) is 0 Å². The number of hydrogen-bond donors (Lipinski definition) is 0. The van der Waals surface area contributed by atoms with E-state index in [0.717, 1.165) is 50.5 Å². The second-order valence-corrected chi connectivity index (χ2v) is 10.2. The molecule has 0 aliphatic carbocycles. The smallest absolute Gasteiger partial charge is 0.462 e. The molecule has 7 aromatic rings. The van der Waals surface area contributed by atoms with E-state index in [-0.39, 0.29) is 6.98 Å². The standard InChI is InChI=1S/C33H21BN2O2/c1-20-17-18-27-25(19-20)30-23-12-4-6-15-28(23)37-32(30)34-35(26-14-8-10-21-9-2-3-11-22(21)26)31-24-13-5-7-16-29(24)38-33(31)36(27)34/h2-19H,1H3. The molecule has 0 fully saturated rings. The monoisotopic (exact) mass is 488 g/mol.